The molecule has 0 spiro atoms. The molecule has 4 nitrogen and oxygen atoms in total. The largest absolute Gasteiger partial charge is 0.497 e. The van der Waals surface area contributed by atoms with Gasteiger partial charge in [-0.1, -0.05) is 18.2 Å². The van der Waals surface area contributed by atoms with Gasteiger partial charge in [-0.25, -0.2) is 0 Å². The van der Waals surface area contributed by atoms with Crippen molar-refractivity contribution in [2.24, 2.45) is 0 Å². The Morgan fingerprint density at radius 2 is 1.79 bits per heavy atom. The van der Waals surface area contributed by atoms with Gasteiger partial charge in [0, 0.05) is 0 Å². The third-order valence-corrected chi connectivity index (χ3v) is 4.43. The van der Waals surface area contributed by atoms with Gasteiger partial charge in [0.05, 0.1) is 13.2 Å². The van der Waals surface area contributed by atoms with Crippen molar-refractivity contribution in [1.82, 2.24) is 5.32 Å². The summed E-state index contributed by atoms with van der Waals surface area (Å²) < 4.78 is 10.6. The molecule has 0 aliphatic heterocycles. The van der Waals surface area contributed by atoms with Crippen molar-refractivity contribution >= 4 is 5.91 Å². The van der Waals surface area contributed by atoms with Crippen LogP contribution in [0.25, 0.3) is 0 Å². The van der Waals surface area contributed by atoms with Crippen LogP contribution >= 0.6 is 0 Å². The molecule has 1 atom stereocenters. The topological polar surface area (TPSA) is 47.6 Å². The van der Waals surface area contributed by atoms with Crippen LogP contribution in [0.15, 0.2) is 42.5 Å². The molecule has 24 heavy (non-hydrogen) atoms. The number of nitrogens with one attached hydrogen (secondary N) is 1. The quantitative estimate of drug-likeness (QED) is 0.885. The molecule has 1 amide bonds. The normalized spacial score (nSPS) is 13.9. The Kier molecular flexibility index (Phi) is 5.04. The molecule has 126 valence electrons. The van der Waals surface area contributed by atoms with Crippen LogP contribution in [0.5, 0.6) is 11.5 Å². The smallest absolute Gasteiger partial charge is 0.258 e. The van der Waals surface area contributed by atoms with Crippen LogP contribution in [0.1, 0.15) is 36.1 Å². The molecule has 1 aliphatic carbocycles. The maximum Gasteiger partial charge on any atom is 0.258 e. The van der Waals surface area contributed by atoms with E-state index in [0.29, 0.717) is 5.75 Å². The number of hydrogen-bond donors (Lipinski definition) is 1. The van der Waals surface area contributed by atoms with Gasteiger partial charge in [-0.3, -0.25) is 4.79 Å². The Labute approximate surface area is 142 Å². The lowest BCUT2D eigenvalue weighted by molar-refractivity contribution is -0.123. The number of benzene rings is 2. The Bertz CT molecular complexity index is 709. The molecular formula is C20H23NO3. The Morgan fingerprint density at radius 1 is 1.08 bits per heavy atom. The first-order chi connectivity index (χ1) is 11.7. The predicted octanol–water partition coefficient (Wildman–Crippen LogP) is 3.44. The van der Waals surface area contributed by atoms with Crippen LogP contribution in [0.4, 0.5) is 0 Å². The molecular weight excluding hydrogens is 302 g/mol. The monoisotopic (exact) mass is 325 g/mol. The van der Waals surface area contributed by atoms with E-state index in [2.05, 4.69) is 23.5 Å². The van der Waals surface area contributed by atoms with Crippen LogP contribution in [-0.4, -0.2) is 19.6 Å². The molecule has 2 aromatic rings. The minimum atomic E-state index is -0.126. The van der Waals surface area contributed by atoms with Crippen molar-refractivity contribution in [1.29, 1.82) is 0 Å². The summed E-state index contributed by atoms with van der Waals surface area (Å²) in [4.78, 5) is 12.1. The third-order valence-electron chi connectivity index (χ3n) is 4.43. The lowest BCUT2D eigenvalue weighted by atomic mass is 10.0. The van der Waals surface area contributed by atoms with Crippen LogP contribution in [0.2, 0.25) is 0 Å². The number of aryl methyl sites for hydroxylation is 2. The van der Waals surface area contributed by atoms with Crippen LogP contribution in [-0.2, 0) is 17.6 Å². The Morgan fingerprint density at radius 3 is 2.54 bits per heavy atom. The molecule has 4 heteroatoms. The van der Waals surface area contributed by atoms with E-state index in [9.17, 15) is 4.79 Å². The Hall–Kier alpha value is -2.49. The fraction of sp³-hybridized carbons (Fsp3) is 0.350. The van der Waals surface area contributed by atoms with Crippen molar-refractivity contribution in [2.75, 3.05) is 13.7 Å². The first kappa shape index (κ1) is 16.4. The zero-order valence-corrected chi connectivity index (χ0v) is 14.2. The average molecular weight is 325 g/mol. The highest BCUT2D eigenvalue weighted by atomic mass is 16.5. The molecule has 2 aromatic carbocycles. The fourth-order valence-corrected chi connectivity index (χ4v) is 3.05. The van der Waals surface area contributed by atoms with E-state index in [1.54, 1.807) is 31.4 Å². The number of fused-ring (bicyclic) bond motifs is 1. The van der Waals surface area contributed by atoms with Crippen molar-refractivity contribution in [3.8, 4) is 11.5 Å². The standard InChI is InChI=1S/C20H23NO3/c1-14(16-7-6-15-4-3-5-17(15)12-16)21-20(22)13-24-19-10-8-18(23-2)9-11-19/h6-12,14H,3-5,13H2,1-2H3,(H,21,22)/t14-/m1/s1. The van der Waals surface area contributed by atoms with Gasteiger partial charge in [-0.15, -0.1) is 0 Å². The number of carbonyl (C=O) groups is 1. The molecule has 0 saturated carbocycles. The van der Waals surface area contributed by atoms with Gasteiger partial charge in [0.25, 0.3) is 5.91 Å². The van der Waals surface area contributed by atoms with Gasteiger partial charge >= 0.3 is 0 Å². The molecule has 0 aromatic heterocycles. The summed E-state index contributed by atoms with van der Waals surface area (Å²) in [5, 5.41) is 2.99. The van der Waals surface area contributed by atoms with E-state index < -0.39 is 0 Å². The van der Waals surface area contributed by atoms with E-state index in [1.165, 1.54) is 24.0 Å². The molecule has 0 bridgehead atoms. The van der Waals surface area contributed by atoms with Crippen molar-refractivity contribution in [2.45, 2.75) is 32.2 Å². The maximum absolute atomic E-state index is 12.1. The second-order valence-electron chi connectivity index (χ2n) is 6.14. The molecule has 0 radical (unpaired) electrons. The zero-order valence-electron chi connectivity index (χ0n) is 14.2. The highest BCUT2D eigenvalue weighted by molar-refractivity contribution is 5.78. The lowest BCUT2D eigenvalue weighted by Gasteiger charge is -2.16. The summed E-state index contributed by atoms with van der Waals surface area (Å²) in [6.45, 7) is 2.00. The summed E-state index contributed by atoms with van der Waals surface area (Å²) in [5.41, 5.74) is 4.01. The summed E-state index contributed by atoms with van der Waals surface area (Å²) in [6.07, 6.45) is 3.55. The summed E-state index contributed by atoms with van der Waals surface area (Å²) in [6, 6.07) is 13.7. The number of carbonyl (C=O) groups excluding carboxylic acids is 1. The van der Waals surface area contributed by atoms with Gasteiger partial charge in [-0.2, -0.15) is 0 Å². The van der Waals surface area contributed by atoms with E-state index in [-0.39, 0.29) is 18.6 Å². The van der Waals surface area contributed by atoms with Gasteiger partial charge in [-0.05, 0) is 67.1 Å². The van der Waals surface area contributed by atoms with Gasteiger partial charge in [0.15, 0.2) is 6.61 Å². The molecule has 0 saturated heterocycles. The molecule has 0 heterocycles. The number of ether oxygens (including phenoxy) is 2. The number of rotatable bonds is 6. The first-order valence-electron chi connectivity index (χ1n) is 8.33. The molecule has 3 rings (SSSR count). The van der Waals surface area contributed by atoms with E-state index in [0.717, 1.165) is 17.7 Å². The average Bonchev–Trinajstić information content (AvgIpc) is 3.08. The highest BCUT2D eigenvalue weighted by Crippen LogP contribution is 2.25. The molecule has 0 fully saturated rings. The van der Waals surface area contributed by atoms with Crippen molar-refractivity contribution in [3.05, 3.63) is 59.2 Å². The minimum Gasteiger partial charge on any atom is -0.497 e. The first-order valence-corrected chi connectivity index (χ1v) is 8.33. The lowest BCUT2D eigenvalue weighted by Crippen LogP contribution is -2.31. The summed E-state index contributed by atoms with van der Waals surface area (Å²) >= 11 is 0. The van der Waals surface area contributed by atoms with E-state index in [4.69, 9.17) is 9.47 Å². The minimum absolute atomic E-state index is 0.00160. The molecule has 0 unspecified atom stereocenters. The van der Waals surface area contributed by atoms with Crippen LogP contribution < -0.4 is 14.8 Å². The maximum atomic E-state index is 12.1. The van der Waals surface area contributed by atoms with Crippen molar-refractivity contribution < 1.29 is 14.3 Å². The summed E-state index contributed by atoms with van der Waals surface area (Å²) in [5.74, 6) is 1.28. The number of methoxy groups -OCH3 is 1. The highest BCUT2D eigenvalue weighted by Gasteiger charge is 2.15. The van der Waals surface area contributed by atoms with Gasteiger partial charge in [0.1, 0.15) is 11.5 Å². The second kappa shape index (κ2) is 7.39. The van der Waals surface area contributed by atoms with Crippen LogP contribution in [0, 0.1) is 0 Å². The zero-order chi connectivity index (χ0) is 16.9. The number of amides is 1. The van der Waals surface area contributed by atoms with E-state index >= 15 is 0 Å². The van der Waals surface area contributed by atoms with Gasteiger partial charge < -0.3 is 14.8 Å². The Balaban J connectivity index is 1.52. The SMILES string of the molecule is COc1ccc(OCC(=O)N[C@H](C)c2ccc3c(c2)CCC3)cc1. The van der Waals surface area contributed by atoms with E-state index in [1.807, 2.05) is 6.92 Å². The molecule has 1 aliphatic rings. The van der Waals surface area contributed by atoms with Crippen LogP contribution in [0.3, 0.4) is 0 Å². The molecule has 1 N–H and O–H groups in total. The predicted molar refractivity (Wildman–Crippen MR) is 93.5 cm³/mol. The third kappa shape index (κ3) is 3.88. The summed E-state index contributed by atoms with van der Waals surface area (Å²) in [7, 11) is 1.61. The van der Waals surface area contributed by atoms with Crippen molar-refractivity contribution in [3.63, 3.8) is 0 Å². The van der Waals surface area contributed by atoms with Gasteiger partial charge in [0.2, 0.25) is 0 Å². The second-order valence-corrected chi connectivity index (χ2v) is 6.14. The fourth-order valence-electron chi connectivity index (χ4n) is 3.05. The number of hydrogen-bond acceptors (Lipinski definition) is 3.